The van der Waals surface area contributed by atoms with Crippen molar-refractivity contribution in [3.63, 3.8) is 0 Å². The Bertz CT molecular complexity index is 687. The summed E-state index contributed by atoms with van der Waals surface area (Å²) in [5.41, 5.74) is 3.47. The first-order valence-corrected chi connectivity index (χ1v) is 7.00. The normalized spacial score (nSPS) is 17.4. The van der Waals surface area contributed by atoms with E-state index >= 15 is 0 Å². The molecule has 0 radical (unpaired) electrons. The van der Waals surface area contributed by atoms with Gasteiger partial charge in [-0.15, -0.1) is 0 Å². The zero-order chi connectivity index (χ0) is 14.4. The van der Waals surface area contributed by atoms with Crippen LogP contribution in [0.1, 0.15) is 30.4 Å². The van der Waals surface area contributed by atoms with Crippen molar-refractivity contribution in [3.05, 3.63) is 29.5 Å². The smallest absolute Gasteiger partial charge is 0.219 e. The molecule has 1 N–H and O–H groups in total. The largest absolute Gasteiger partial charge is 0.508 e. The van der Waals surface area contributed by atoms with Gasteiger partial charge in [0.05, 0.1) is 0 Å². The number of aromatic hydroxyl groups is 1. The van der Waals surface area contributed by atoms with E-state index in [-0.39, 0.29) is 5.91 Å². The van der Waals surface area contributed by atoms with E-state index in [9.17, 15) is 9.90 Å². The Labute approximate surface area is 118 Å². The zero-order valence-electron chi connectivity index (χ0n) is 12.2. The molecule has 1 aliphatic rings. The van der Waals surface area contributed by atoms with Crippen molar-refractivity contribution >= 4 is 16.8 Å². The van der Waals surface area contributed by atoms with Crippen LogP contribution >= 0.6 is 0 Å². The number of phenolic OH excluding ortho intramolecular Hbond substituents is 1. The van der Waals surface area contributed by atoms with Crippen molar-refractivity contribution in [2.75, 3.05) is 13.6 Å². The fourth-order valence-electron chi connectivity index (χ4n) is 3.27. The molecule has 2 aromatic rings. The Morgan fingerprint density at radius 1 is 1.50 bits per heavy atom. The maximum atomic E-state index is 11.4. The number of hydrogen-bond donors (Lipinski definition) is 1. The summed E-state index contributed by atoms with van der Waals surface area (Å²) < 4.78 is 2.11. The zero-order valence-corrected chi connectivity index (χ0v) is 12.2. The molecule has 4 nitrogen and oxygen atoms in total. The minimum Gasteiger partial charge on any atom is -0.508 e. The van der Waals surface area contributed by atoms with Crippen molar-refractivity contribution in [1.29, 1.82) is 0 Å². The van der Waals surface area contributed by atoms with E-state index in [1.807, 2.05) is 20.2 Å². The predicted molar refractivity (Wildman–Crippen MR) is 79.0 cm³/mol. The van der Waals surface area contributed by atoms with Crippen LogP contribution in [0.4, 0.5) is 0 Å². The quantitative estimate of drug-likeness (QED) is 0.912. The number of nitrogens with zero attached hydrogens (tertiary/aromatic N) is 2. The number of carbonyl (C=O) groups is 1. The van der Waals surface area contributed by atoms with Gasteiger partial charge in [0, 0.05) is 56.1 Å². The van der Waals surface area contributed by atoms with Crippen LogP contribution in [-0.4, -0.2) is 34.1 Å². The third-order valence-corrected chi connectivity index (χ3v) is 4.48. The highest BCUT2D eigenvalue weighted by Crippen LogP contribution is 2.41. The van der Waals surface area contributed by atoms with E-state index in [0.717, 1.165) is 30.5 Å². The van der Waals surface area contributed by atoms with E-state index in [4.69, 9.17) is 0 Å². The van der Waals surface area contributed by atoms with Gasteiger partial charge in [0.15, 0.2) is 0 Å². The summed E-state index contributed by atoms with van der Waals surface area (Å²) in [7, 11) is 3.88. The molecule has 106 valence electrons. The molecule has 0 spiro atoms. The van der Waals surface area contributed by atoms with Gasteiger partial charge < -0.3 is 14.6 Å². The molecule has 1 unspecified atom stereocenters. The van der Waals surface area contributed by atoms with Gasteiger partial charge >= 0.3 is 0 Å². The molecule has 0 saturated carbocycles. The number of amides is 1. The average Bonchev–Trinajstić information content (AvgIpc) is 2.74. The predicted octanol–water partition coefficient (Wildman–Crippen LogP) is 2.39. The van der Waals surface area contributed by atoms with Crippen LogP contribution in [0.25, 0.3) is 10.9 Å². The molecule has 0 bridgehead atoms. The second-order valence-corrected chi connectivity index (χ2v) is 5.79. The average molecular weight is 272 g/mol. The van der Waals surface area contributed by atoms with E-state index < -0.39 is 0 Å². The summed E-state index contributed by atoms with van der Waals surface area (Å²) >= 11 is 0. The lowest BCUT2D eigenvalue weighted by molar-refractivity contribution is -0.127. The van der Waals surface area contributed by atoms with Crippen LogP contribution in [0.2, 0.25) is 0 Å². The molecule has 0 aliphatic heterocycles. The van der Waals surface area contributed by atoms with Crippen LogP contribution in [0.15, 0.2) is 18.3 Å². The summed E-state index contributed by atoms with van der Waals surface area (Å²) in [6, 6.07) is 3.75. The molecule has 1 heterocycles. The van der Waals surface area contributed by atoms with Crippen molar-refractivity contribution in [3.8, 4) is 5.75 Å². The van der Waals surface area contributed by atoms with Crippen molar-refractivity contribution < 1.29 is 9.90 Å². The van der Waals surface area contributed by atoms with Gasteiger partial charge in [-0.3, -0.25) is 4.79 Å². The number of rotatable bonds is 2. The van der Waals surface area contributed by atoms with Crippen LogP contribution in [0.3, 0.4) is 0 Å². The van der Waals surface area contributed by atoms with Crippen molar-refractivity contribution in [1.82, 2.24) is 9.47 Å². The molecular weight excluding hydrogens is 252 g/mol. The van der Waals surface area contributed by atoms with Crippen molar-refractivity contribution in [2.45, 2.75) is 25.7 Å². The lowest BCUT2D eigenvalue weighted by atomic mass is 9.84. The standard InChI is InChI=1S/C16H20N2O2/c1-10(19)17(2)8-11-4-5-12-15(20)7-6-14-16(12)13(11)9-18(14)3/h6-7,9,11,20H,4-5,8H2,1-3H3. The van der Waals surface area contributed by atoms with Gasteiger partial charge in [0.1, 0.15) is 5.75 Å². The van der Waals surface area contributed by atoms with Gasteiger partial charge in [0.2, 0.25) is 5.91 Å². The molecule has 4 heteroatoms. The minimum absolute atomic E-state index is 0.0962. The van der Waals surface area contributed by atoms with Gasteiger partial charge in [-0.2, -0.15) is 0 Å². The monoisotopic (exact) mass is 272 g/mol. The first-order valence-electron chi connectivity index (χ1n) is 7.00. The summed E-state index contributed by atoms with van der Waals surface area (Å²) in [6.45, 7) is 2.34. The minimum atomic E-state index is 0.0962. The Kier molecular flexibility index (Phi) is 2.96. The lowest BCUT2D eigenvalue weighted by Crippen LogP contribution is -2.29. The number of aryl methyl sites for hydroxylation is 2. The Morgan fingerprint density at radius 3 is 2.95 bits per heavy atom. The molecule has 0 fully saturated rings. The molecular formula is C16H20N2O2. The third kappa shape index (κ3) is 1.87. The molecule has 1 aliphatic carbocycles. The van der Waals surface area contributed by atoms with Crippen molar-refractivity contribution in [2.24, 2.45) is 7.05 Å². The highest BCUT2D eigenvalue weighted by Gasteiger charge is 2.27. The van der Waals surface area contributed by atoms with Gasteiger partial charge in [-0.05, 0) is 30.5 Å². The van der Waals surface area contributed by atoms with Crippen LogP contribution in [0.5, 0.6) is 5.75 Å². The van der Waals surface area contributed by atoms with E-state index in [1.54, 1.807) is 17.9 Å². The Balaban J connectivity index is 2.09. The van der Waals surface area contributed by atoms with Crippen LogP contribution in [0, 0.1) is 0 Å². The number of likely N-dealkylation sites (N-methyl/N-ethyl adjacent to an activating group) is 1. The third-order valence-electron chi connectivity index (χ3n) is 4.48. The maximum absolute atomic E-state index is 11.4. The number of phenols is 1. The molecule has 1 atom stereocenters. The number of benzene rings is 1. The summed E-state index contributed by atoms with van der Waals surface area (Å²) in [5.74, 6) is 0.837. The van der Waals surface area contributed by atoms with E-state index in [1.165, 1.54) is 10.9 Å². The SMILES string of the molecule is CC(=O)N(C)CC1CCc2c(O)ccc3c2c1cn3C. The highest BCUT2D eigenvalue weighted by molar-refractivity contribution is 5.90. The lowest BCUT2D eigenvalue weighted by Gasteiger charge is -2.27. The molecule has 1 amide bonds. The maximum Gasteiger partial charge on any atom is 0.219 e. The molecule has 20 heavy (non-hydrogen) atoms. The Hall–Kier alpha value is -1.97. The van der Waals surface area contributed by atoms with Gasteiger partial charge in [-0.25, -0.2) is 0 Å². The van der Waals surface area contributed by atoms with Gasteiger partial charge in [-0.1, -0.05) is 0 Å². The number of carbonyl (C=O) groups excluding carboxylic acids is 1. The van der Waals surface area contributed by atoms with E-state index in [0.29, 0.717) is 11.7 Å². The summed E-state index contributed by atoms with van der Waals surface area (Å²) in [6.07, 6.45) is 3.99. The first-order chi connectivity index (χ1) is 9.49. The van der Waals surface area contributed by atoms with Gasteiger partial charge in [0.25, 0.3) is 0 Å². The summed E-state index contributed by atoms with van der Waals surface area (Å²) in [5, 5.41) is 11.2. The molecule has 1 aromatic carbocycles. The second kappa shape index (κ2) is 4.54. The van der Waals surface area contributed by atoms with Crippen LogP contribution in [-0.2, 0) is 18.3 Å². The number of hydrogen-bond acceptors (Lipinski definition) is 2. The fourth-order valence-corrected chi connectivity index (χ4v) is 3.27. The van der Waals surface area contributed by atoms with E-state index in [2.05, 4.69) is 10.8 Å². The Morgan fingerprint density at radius 2 is 2.25 bits per heavy atom. The summed E-state index contributed by atoms with van der Waals surface area (Å²) in [4.78, 5) is 13.2. The first kappa shape index (κ1) is 13.0. The molecule has 3 rings (SSSR count). The number of aromatic nitrogens is 1. The fraction of sp³-hybridized carbons (Fsp3) is 0.438. The topological polar surface area (TPSA) is 45.5 Å². The second-order valence-electron chi connectivity index (χ2n) is 5.79. The molecule has 1 aromatic heterocycles. The molecule has 0 saturated heterocycles. The highest BCUT2D eigenvalue weighted by atomic mass is 16.3. The van der Waals surface area contributed by atoms with Crippen LogP contribution < -0.4 is 0 Å².